The second-order valence-corrected chi connectivity index (χ2v) is 4.25. The van der Waals surface area contributed by atoms with Crippen LogP contribution < -0.4 is 5.32 Å². The van der Waals surface area contributed by atoms with E-state index in [1.807, 2.05) is 18.2 Å². The van der Waals surface area contributed by atoms with Gasteiger partial charge in [-0.1, -0.05) is 19.9 Å². The second kappa shape index (κ2) is 5.54. The van der Waals surface area contributed by atoms with Crippen molar-refractivity contribution in [3.63, 3.8) is 0 Å². The SMILES string of the molecule is CC(C)NCc1cccc(Cn2cncn2)n1. The summed E-state index contributed by atoms with van der Waals surface area (Å²) < 4.78 is 1.77. The number of rotatable bonds is 5. The zero-order chi connectivity index (χ0) is 12.1. The maximum Gasteiger partial charge on any atom is 0.137 e. The van der Waals surface area contributed by atoms with Crippen LogP contribution in [-0.2, 0) is 13.1 Å². The van der Waals surface area contributed by atoms with E-state index in [0.717, 1.165) is 17.9 Å². The predicted molar refractivity (Wildman–Crippen MR) is 65.3 cm³/mol. The van der Waals surface area contributed by atoms with Crippen LogP contribution in [0.2, 0.25) is 0 Å². The van der Waals surface area contributed by atoms with Gasteiger partial charge in [-0.2, -0.15) is 5.10 Å². The molecule has 5 heteroatoms. The summed E-state index contributed by atoms with van der Waals surface area (Å²) in [6.45, 7) is 5.71. The Kier molecular flexibility index (Phi) is 3.82. The molecule has 2 heterocycles. The number of hydrogen-bond donors (Lipinski definition) is 1. The lowest BCUT2D eigenvalue weighted by molar-refractivity contribution is 0.578. The first-order valence-electron chi connectivity index (χ1n) is 5.74. The summed E-state index contributed by atoms with van der Waals surface area (Å²) in [6.07, 6.45) is 3.23. The van der Waals surface area contributed by atoms with Gasteiger partial charge in [0.15, 0.2) is 0 Å². The van der Waals surface area contributed by atoms with Gasteiger partial charge in [-0.15, -0.1) is 0 Å². The molecule has 1 N–H and O–H groups in total. The van der Waals surface area contributed by atoms with Gasteiger partial charge in [0.25, 0.3) is 0 Å². The normalized spacial score (nSPS) is 11.0. The van der Waals surface area contributed by atoms with Gasteiger partial charge < -0.3 is 5.32 Å². The van der Waals surface area contributed by atoms with Crippen LogP contribution in [0, 0.1) is 0 Å². The molecule has 0 atom stereocenters. The molecule has 5 nitrogen and oxygen atoms in total. The van der Waals surface area contributed by atoms with Crippen LogP contribution in [0.5, 0.6) is 0 Å². The lowest BCUT2D eigenvalue weighted by Gasteiger charge is -2.08. The van der Waals surface area contributed by atoms with Crippen molar-refractivity contribution >= 4 is 0 Å². The fraction of sp³-hybridized carbons (Fsp3) is 0.417. The summed E-state index contributed by atoms with van der Waals surface area (Å²) in [5, 5.41) is 7.42. The van der Waals surface area contributed by atoms with Gasteiger partial charge in [0, 0.05) is 12.6 Å². The van der Waals surface area contributed by atoms with E-state index in [4.69, 9.17) is 0 Å². The van der Waals surface area contributed by atoms with E-state index in [9.17, 15) is 0 Å². The number of nitrogens with one attached hydrogen (secondary N) is 1. The molecule has 2 aromatic rings. The highest BCUT2D eigenvalue weighted by Gasteiger charge is 2.00. The van der Waals surface area contributed by atoms with Gasteiger partial charge in [0.1, 0.15) is 12.7 Å². The Hall–Kier alpha value is -1.75. The van der Waals surface area contributed by atoms with Crippen LogP contribution in [0.25, 0.3) is 0 Å². The van der Waals surface area contributed by atoms with Crippen LogP contribution in [0.3, 0.4) is 0 Å². The Morgan fingerprint density at radius 1 is 1.29 bits per heavy atom. The van der Waals surface area contributed by atoms with Gasteiger partial charge >= 0.3 is 0 Å². The smallest absolute Gasteiger partial charge is 0.137 e. The van der Waals surface area contributed by atoms with Crippen molar-refractivity contribution < 1.29 is 0 Å². The quantitative estimate of drug-likeness (QED) is 0.840. The summed E-state index contributed by atoms with van der Waals surface area (Å²) >= 11 is 0. The molecule has 0 aliphatic carbocycles. The van der Waals surface area contributed by atoms with Crippen LogP contribution in [0.15, 0.2) is 30.9 Å². The Labute approximate surface area is 101 Å². The molecule has 0 aliphatic heterocycles. The predicted octanol–water partition coefficient (Wildman–Crippen LogP) is 1.22. The lowest BCUT2D eigenvalue weighted by Crippen LogP contribution is -2.22. The van der Waals surface area contributed by atoms with Gasteiger partial charge in [-0.05, 0) is 12.1 Å². The van der Waals surface area contributed by atoms with Gasteiger partial charge in [0.2, 0.25) is 0 Å². The Balaban J connectivity index is 2.01. The summed E-state index contributed by atoms with van der Waals surface area (Å²) in [5.74, 6) is 0. The zero-order valence-electron chi connectivity index (χ0n) is 10.2. The molecule has 2 rings (SSSR count). The van der Waals surface area contributed by atoms with E-state index in [0.29, 0.717) is 12.6 Å². The molecule has 0 saturated carbocycles. The topological polar surface area (TPSA) is 55.6 Å². The van der Waals surface area contributed by atoms with Crippen molar-refractivity contribution in [3.05, 3.63) is 42.2 Å². The Morgan fingerprint density at radius 3 is 2.82 bits per heavy atom. The summed E-state index contributed by atoms with van der Waals surface area (Å²) in [5.41, 5.74) is 2.05. The largest absolute Gasteiger partial charge is 0.309 e. The van der Waals surface area contributed by atoms with Crippen molar-refractivity contribution in [2.75, 3.05) is 0 Å². The number of aromatic nitrogens is 4. The van der Waals surface area contributed by atoms with Crippen LogP contribution >= 0.6 is 0 Å². The molecule has 0 aromatic carbocycles. The molecule has 0 unspecified atom stereocenters. The molecule has 17 heavy (non-hydrogen) atoms. The fourth-order valence-corrected chi connectivity index (χ4v) is 1.50. The minimum atomic E-state index is 0.468. The van der Waals surface area contributed by atoms with Gasteiger partial charge in [-0.3, -0.25) is 4.98 Å². The molecule has 0 amide bonds. The second-order valence-electron chi connectivity index (χ2n) is 4.25. The third-order valence-electron chi connectivity index (χ3n) is 2.35. The highest BCUT2D eigenvalue weighted by Crippen LogP contribution is 2.01. The molecule has 0 radical (unpaired) electrons. The molecular weight excluding hydrogens is 214 g/mol. The van der Waals surface area contributed by atoms with Crippen molar-refractivity contribution in [1.82, 2.24) is 25.1 Å². The molecule has 0 saturated heterocycles. The maximum absolute atomic E-state index is 4.57. The van der Waals surface area contributed by atoms with Crippen molar-refractivity contribution in [1.29, 1.82) is 0 Å². The van der Waals surface area contributed by atoms with Crippen LogP contribution in [0.1, 0.15) is 25.2 Å². The van der Waals surface area contributed by atoms with Gasteiger partial charge in [-0.25, -0.2) is 9.67 Å². The molecule has 90 valence electrons. The number of nitrogens with zero attached hydrogens (tertiary/aromatic N) is 4. The standard InChI is InChI=1S/C12H17N5/c1-10(2)14-6-11-4-3-5-12(16-11)7-17-9-13-8-15-17/h3-5,8-10,14H,6-7H2,1-2H3. The van der Waals surface area contributed by atoms with Crippen LogP contribution in [0.4, 0.5) is 0 Å². The zero-order valence-corrected chi connectivity index (χ0v) is 10.2. The molecule has 2 aromatic heterocycles. The summed E-state index contributed by atoms with van der Waals surface area (Å²) in [6, 6.07) is 6.52. The van der Waals surface area contributed by atoms with Crippen LogP contribution in [-0.4, -0.2) is 25.8 Å². The fourth-order valence-electron chi connectivity index (χ4n) is 1.50. The number of pyridine rings is 1. The lowest BCUT2D eigenvalue weighted by atomic mass is 10.3. The van der Waals surface area contributed by atoms with E-state index in [1.54, 1.807) is 11.0 Å². The third kappa shape index (κ3) is 3.64. The third-order valence-corrected chi connectivity index (χ3v) is 2.35. The Morgan fingerprint density at radius 2 is 2.12 bits per heavy atom. The maximum atomic E-state index is 4.57. The molecule has 0 bridgehead atoms. The minimum Gasteiger partial charge on any atom is -0.309 e. The summed E-state index contributed by atoms with van der Waals surface area (Å²) in [7, 11) is 0. The summed E-state index contributed by atoms with van der Waals surface area (Å²) in [4.78, 5) is 8.48. The van der Waals surface area contributed by atoms with E-state index in [2.05, 4.69) is 34.2 Å². The first-order valence-corrected chi connectivity index (χ1v) is 5.74. The average molecular weight is 231 g/mol. The van der Waals surface area contributed by atoms with E-state index in [-0.39, 0.29) is 0 Å². The highest BCUT2D eigenvalue weighted by atomic mass is 15.3. The van der Waals surface area contributed by atoms with Crippen molar-refractivity contribution in [3.8, 4) is 0 Å². The number of hydrogen-bond acceptors (Lipinski definition) is 4. The minimum absolute atomic E-state index is 0.468. The highest BCUT2D eigenvalue weighted by molar-refractivity contribution is 5.11. The van der Waals surface area contributed by atoms with E-state index in [1.165, 1.54) is 6.33 Å². The molecule has 0 spiro atoms. The molecule has 0 aliphatic rings. The van der Waals surface area contributed by atoms with Gasteiger partial charge in [0.05, 0.1) is 17.9 Å². The monoisotopic (exact) mass is 231 g/mol. The first-order chi connectivity index (χ1) is 8.24. The Bertz CT molecular complexity index is 450. The van der Waals surface area contributed by atoms with Crippen molar-refractivity contribution in [2.45, 2.75) is 33.0 Å². The first kappa shape index (κ1) is 11.7. The average Bonchev–Trinajstić information content (AvgIpc) is 2.80. The molecular formula is C12H17N5. The van der Waals surface area contributed by atoms with E-state index < -0.39 is 0 Å². The molecule has 0 fully saturated rings. The van der Waals surface area contributed by atoms with Crippen molar-refractivity contribution in [2.24, 2.45) is 0 Å². The van der Waals surface area contributed by atoms with E-state index >= 15 is 0 Å².